The molecule has 0 radical (unpaired) electrons. The Hall–Kier alpha value is -2.19. The molecule has 10 heteroatoms. The van der Waals surface area contributed by atoms with Gasteiger partial charge >= 0.3 is 0 Å². The van der Waals surface area contributed by atoms with Crippen molar-refractivity contribution in [3.8, 4) is 11.5 Å². The van der Waals surface area contributed by atoms with Gasteiger partial charge in [0.25, 0.3) is 14.0 Å². The van der Waals surface area contributed by atoms with E-state index >= 15 is 0 Å². The minimum atomic E-state index is -1.30. The monoisotopic (exact) mass is 380 g/mol. The van der Waals surface area contributed by atoms with Gasteiger partial charge in [-0.3, -0.25) is 4.79 Å². The minimum absolute atomic E-state index is 0.0722. The molecular formula is C14H15N4O3P3. The molecular weight excluding hydrogens is 365 g/mol. The zero-order valence-electron chi connectivity index (χ0n) is 12.5. The van der Waals surface area contributed by atoms with Crippen LogP contribution in [0.25, 0.3) is 0 Å². The number of aromatic amines is 1. The molecule has 0 bridgehead atoms. The van der Waals surface area contributed by atoms with Crippen LogP contribution < -0.4 is 14.7 Å². The molecule has 0 spiro atoms. The van der Waals surface area contributed by atoms with Gasteiger partial charge in [-0.2, -0.15) is 4.20 Å². The van der Waals surface area contributed by atoms with Crippen molar-refractivity contribution in [2.75, 3.05) is 12.0 Å². The first-order valence-corrected chi connectivity index (χ1v) is 9.99. The number of ether oxygens (including phenoxy) is 1. The number of hydrogen-bond donors (Lipinski definition) is 2. The van der Waals surface area contributed by atoms with Gasteiger partial charge in [-0.05, 0) is 24.3 Å². The highest BCUT2D eigenvalue weighted by Crippen LogP contribution is 2.29. The van der Waals surface area contributed by atoms with Crippen LogP contribution in [0, 0.1) is 0 Å². The Kier molecular flexibility index (Phi) is 5.97. The zero-order chi connectivity index (χ0) is 16.6. The van der Waals surface area contributed by atoms with E-state index in [0.29, 0.717) is 11.5 Å². The SMILES string of the molecule is O=C(COc1ccccc1)Nn1[pH][nH]pnp1Oc1ccccc1. The number of benzene rings is 2. The lowest BCUT2D eigenvalue weighted by Crippen LogP contribution is -2.26. The molecule has 1 heterocycles. The number of aromatic nitrogens is 3. The number of amides is 1. The summed E-state index contributed by atoms with van der Waals surface area (Å²) in [6.07, 6.45) is 0. The number of carbonyl (C=O) groups excluding carboxylic acids is 1. The molecule has 2 aromatic carbocycles. The molecule has 0 saturated heterocycles. The summed E-state index contributed by atoms with van der Waals surface area (Å²) in [6, 6.07) is 18.6. The van der Waals surface area contributed by atoms with Crippen molar-refractivity contribution in [3.63, 3.8) is 0 Å². The maximum absolute atomic E-state index is 12.1. The van der Waals surface area contributed by atoms with E-state index in [9.17, 15) is 4.79 Å². The summed E-state index contributed by atoms with van der Waals surface area (Å²) in [5.41, 5.74) is 2.78. The summed E-state index contributed by atoms with van der Waals surface area (Å²) >= 11 is 0. The normalized spacial score (nSPS) is 11.4. The van der Waals surface area contributed by atoms with Gasteiger partial charge in [-0.15, -0.1) is 4.51 Å². The van der Waals surface area contributed by atoms with Crippen molar-refractivity contribution >= 4 is 31.0 Å². The standard InChI is InChI=1S/C14H15N4O3P3/c19-14(11-20-12-7-3-1-4-8-12)15-18-23-16-22-17-24(18)21-13-9-5-2-6-10-13/h1-10,23H,11H2,(H,15,19)(H,16,17). The molecule has 124 valence electrons. The van der Waals surface area contributed by atoms with Crippen molar-refractivity contribution < 1.29 is 14.1 Å². The molecule has 24 heavy (non-hydrogen) atoms. The molecule has 3 rings (SSSR count). The van der Waals surface area contributed by atoms with E-state index in [1.54, 1.807) is 16.3 Å². The number of para-hydroxylation sites is 2. The highest BCUT2D eigenvalue weighted by atomic mass is 31.2. The molecule has 3 aromatic rings. The predicted octanol–water partition coefficient (Wildman–Crippen LogP) is 3.92. The van der Waals surface area contributed by atoms with Crippen molar-refractivity contribution in [2.45, 2.75) is 0 Å². The number of hydrogen-bond acceptors (Lipinski definition) is 4. The molecule has 2 N–H and O–H groups in total. The largest absolute Gasteiger partial charge is 0.484 e. The summed E-state index contributed by atoms with van der Waals surface area (Å²) in [6.45, 7) is -0.0722. The van der Waals surface area contributed by atoms with Crippen LogP contribution in [0.1, 0.15) is 0 Å². The third-order valence-corrected chi connectivity index (χ3v) is 6.50. The van der Waals surface area contributed by atoms with Crippen LogP contribution in [0.5, 0.6) is 11.5 Å². The first-order chi connectivity index (χ1) is 11.8. The molecule has 0 aliphatic heterocycles. The van der Waals surface area contributed by atoms with E-state index in [-0.39, 0.29) is 21.0 Å². The Morgan fingerprint density at radius 3 is 2.54 bits per heavy atom. The number of nitrogens with zero attached hydrogens (tertiary/aromatic N) is 2. The summed E-state index contributed by atoms with van der Waals surface area (Å²) in [4.78, 5) is 12.1. The quantitative estimate of drug-likeness (QED) is 0.679. The van der Waals surface area contributed by atoms with Crippen molar-refractivity contribution in [1.29, 1.82) is 0 Å². The van der Waals surface area contributed by atoms with E-state index in [0.717, 1.165) is 8.51 Å². The number of rotatable bonds is 6. The molecule has 7 nitrogen and oxygen atoms in total. The molecule has 2 atom stereocenters. The Morgan fingerprint density at radius 1 is 1.17 bits per heavy atom. The molecule has 0 aliphatic rings. The van der Waals surface area contributed by atoms with E-state index in [2.05, 4.69) is 14.4 Å². The fourth-order valence-electron chi connectivity index (χ4n) is 1.73. The van der Waals surface area contributed by atoms with E-state index < -0.39 is 8.08 Å². The van der Waals surface area contributed by atoms with Gasteiger partial charge in [-0.25, -0.2) is 5.43 Å². The van der Waals surface area contributed by atoms with Crippen LogP contribution in [-0.2, 0) is 4.79 Å². The summed E-state index contributed by atoms with van der Waals surface area (Å²) in [5, 5.41) is 0. The van der Waals surface area contributed by atoms with Crippen molar-refractivity contribution in [3.05, 3.63) is 60.7 Å². The Bertz CT molecular complexity index is 809. The predicted molar refractivity (Wildman–Crippen MR) is 97.7 cm³/mol. The Balaban J connectivity index is 1.63. The van der Waals surface area contributed by atoms with E-state index in [1.807, 2.05) is 48.5 Å². The fourth-order valence-corrected chi connectivity index (χ4v) is 5.64. The zero-order valence-corrected chi connectivity index (χ0v) is 15.3. The number of H-pyrrole nitrogens is 1. The van der Waals surface area contributed by atoms with Gasteiger partial charge in [-0.1, -0.05) is 36.4 Å². The smallest absolute Gasteiger partial charge is 0.286 e. The molecule has 1 amide bonds. The first-order valence-electron chi connectivity index (χ1n) is 7.03. The lowest BCUT2D eigenvalue weighted by Gasteiger charge is -2.13. The highest BCUT2D eigenvalue weighted by Gasteiger charge is 2.08. The van der Waals surface area contributed by atoms with Gasteiger partial charge in [0, 0.05) is 8.51 Å². The molecule has 0 aliphatic carbocycles. The van der Waals surface area contributed by atoms with E-state index in [4.69, 9.17) is 9.26 Å². The molecule has 0 fully saturated rings. The third-order valence-electron chi connectivity index (χ3n) is 2.77. The maximum atomic E-state index is 12.1. The van der Waals surface area contributed by atoms with Crippen LogP contribution in [0.3, 0.4) is 0 Å². The third kappa shape index (κ3) is 4.90. The van der Waals surface area contributed by atoms with E-state index in [1.165, 1.54) is 0 Å². The first kappa shape index (κ1) is 16.7. The highest BCUT2D eigenvalue weighted by molar-refractivity contribution is 7.51. The van der Waals surface area contributed by atoms with Gasteiger partial charge < -0.3 is 13.8 Å². The topological polar surface area (TPSA) is 81.2 Å². The molecule has 2 unspecified atom stereocenters. The van der Waals surface area contributed by atoms with Crippen LogP contribution in [0.2, 0.25) is 0 Å². The van der Waals surface area contributed by atoms with Gasteiger partial charge in [0.1, 0.15) is 20.0 Å². The van der Waals surface area contributed by atoms with Gasteiger partial charge in [0.15, 0.2) is 6.61 Å². The summed E-state index contributed by atoms with van der Waals surface area (Å²) in [5.74, 6) is 1.11. The second-order valence-electron chi connectivity index (χ2n) is 4.52. The average molecular weight is 380 g/mol. The Labute approximate surface area is 143 Å². The van der Waals surface area contributed by atoms with Crippen molar-refractivity contribution in [1.82, 2.24) is 13.2 Å². The summed E-state index contributed by atoms with van der Waals surface area (Å²) < 4.78 is 20.4. The minimum Gasteiger partial charge on any atom is -0.484 e. The lowest BCUT2D eigenvalue weighted by molar-refractivity contribution is -0.118. The summed E-state index contributed by atoms with van der Waals surface area (Å²) in [7, 11) is -0.373. The number of nitrogens with one attached hydrogen (secondary N) is 2. The van der Waals surface area contributed by atoms with Gasteiger partial charge in [0.2, 0.25) is 0 Å². The van der Waals surface area contributed by atoms with Crippen molar-refractivity contribution in [2.24, 2.45) is 0 Å². The molecule has 0 saturated carbocycles. The second-order valence-corrected chi connectivity index (χ2v) is 8.46. The van der Waals surface area contributed by atoms with Crippen LogP contribution in [-0.4, -0.2) is 25.7 Å². The van der Waals surface area contributed by atoms with Crippen LogP contribution in [0.15, 0.2) is 60.7 Å². The maximum Gasteiger partial charge on any atom is 0.286 e. The van der Waals surface area contributed by atoms with Crippen LogP contribution in [0.4, 0.5) is 0 Å². The van der Waals surface area contributed by atoms with Gasteiger partial charge in [0.05, 0.1) is 0 Å². The van der Waals surface area contributed by atoms with Crippen LogP contribution >= 0.6 is 25.1 Å². The second kappa shape index (κ2) is 8.60. The lowest BCUT2D eigenvalue weighted by atomic mass is 10.3. The average Bonchev–Trinajstić information content (AvgIpc) is 2.63. The number of carbonyl (C=O) groups is 1. The Morgan fingerprint density at radius 2 is 1.83 bits per heavy atom. The molecule has 1 aromatic heterocycles. The fraction of sp³-hybridized carbons (Fsp3) is 0.0714.